The number of methoxy groups -OCH3 is 1. The molecule has 0 aliphatic carbocycles. The maximum atomic E-state index is 13.5. The minimum absolute atomic E-state index is 0.117. The van der Waals surface area contributed by atoms with E-state index in [0.717, 1.165) is 17.8 Å². The summed E-state index contributed by atoms with van der Waals surface area (Å²) in [4.78, 5) is 4.08. The van der Waals surface area contributed by atoms with Gasteiger partial charge in [-0.05, 0) is 37.6 Å². The summed E-state index contributed by atoms with van der Waals surface area (Å²) in [5, 5.41) is 0. The lowest BCUT2D eigenvalue weighted by molar-refractivity contribution is 0.206. The maximum absolute atomic E-state index is 13.5. The monoisotopic (exact) mass is 366 g/mol. The Balaban J connectivity index is 1.78. The average Bonchev–Trinajstić information content (AvgIpc) is 3.04. The highest BCUT2D eigenvalue weighted by molar-refractivity contribution is 7.89. The molecule has 1 saturated heterocycles. The summed E-state index contributed by atoms with van der Waals surface area (Å²) in [5.41, 5.74) is 0.824. The van der Waals surface area contributed by atoms with Crippen LogP contribution < -0.4 is 9.47 Å². The normalized spacial score (nSPS) is 18.3. The molecule has 0 amide bonds. The molecule has 0 radical (unpaired) electrons. The molecule has 1 aromatic carbocycles. The van der Waals surface area contributed by atoms with Gasteiger partial charge in [-0.15, -0.1) is 0 Å². The zero-order valence-corrected chi connectivity index (χ0v) is 14.8. The highest BCUT2D eigenvalue weighted by atomic mass is 32.2. The van der Waals surface area contributed by atoms with Crippen LogP contribution in [0, 0.1) is 12.7 Å². The predicted octanol–water partition coefficient (Wildman–Crippen LogP) is 2.38. The molecule has 2 heterocycles. The molecule has 1 aliphatic heterocycles. The molecule has 1 fully saturated rings. The van der Waals surface area contributed by atoms with E-state index >= 15 is 0 Å². The fourth-order valence-corrected chi connectivity index (χ4v) is 4.41. The molecule has 6 nitrogen and oxygen atoms in total. The minimum atomic E-state index is -3.87. The smallest absolute Gasteiger partial charge is 0.246 e. The SMILES string of the molecule is COc1ccc(F)cc1S(=O)(=O)N1CCC(Oc2cccc(C)n2)C1. The Bertz CT molecular complexity index is 873. The van der Waals surface area contributed by atoms with Crippen LogP contribution in [0.2, 0.25) is 0 Å². The number of nitrogens with zero attached hydrogens (tertiary/aromatic N) is 2. The van der Waals surface area contributed by atoms with Crippen LogP contribution in [-0.4, -0.2) is 44.0 Å². The van der Waals surface area contributed by atoms with Crippen LogP contribution in [0.15, 0.2) is 41.3 Å². The molecule has 1 atom stereocenters. The van der Waals surface area contributed by atoms with Crippen LogP contribution in [0.25, 0.3) is 0 Å². The Hall–Kier alpha value is -2.19. The Kier molecular flexibility index (Phi) is 4.91. The number of benzene rings is 1. The van der Waals surface area contributed by atoms with E-state index in [0.29, 0.717) is 18.8 Å². The summed E-state index contributed by atoms with van der Waals surface area (Å²) in [6.45, 7) is 2.32. The van der Waals surface area contributed by atoms with Crippen molar-refractivity contribution in [3.05, 3.63) is 47.9 Å². The molecule has 3 rings (SSSR count). The van der Waals surface area contributed by atoms with Crippen LogP contribution in [-0.2, 0) is 10.0 Å². The van der Waals surface area contributed by atoms with Gasteiger partial charge in [0.15, 0.2) is 0 Å². The lowest BCUT2D eigenvalue weighted by Crippen LogP contribution is -2.31. The third-order valence-electron chi connectivity index (χ3n) is 4.00. The van der Waals surface area contributed by atoms with Gasteiger partial charge in [0.1, 0.15) is 22.6 Å². The Morgan fingerprint density at radius 3 is 2.80 bits per heavy atom. The number of aryl methyl sites for hydroxylation is 1. The maximum Gasteiger partial charge on any atom is 0.246 e. The first kappa shape index (κ1) is 17.6. The Morgan fingerprint density at radius 1 is 1.28 bits per heavy atom. The molecule has 134 valence electrons. The first-order chi connectivity index (χ1) is 11.9. The van der Waals surface area contributed by atoms with Gasteiger partial charge in [-0.25, -0.2) is 17.8 Å². The number of pyridine rings is 1. The van der Waals surface area contributed by atoms with Crippen molar-refractivity contribution in [1.29, 1.82) is 0 Å². The van der Waals surface area contributed by atoms with Crippen LogP contribution >= 0.6 is 0 Å². The van der Waals surface area contributed by atoms with Crippen LogP contribution in [0.5, 0.6) is 11.6 Å². The zero-order valence-electron chi connectivity index (χ0n) is 14.0. The molecule has 2 aromatic rings. The number of ether oxygens (including phenoxy) is 2. The standard InChI is InChI=1S/C17H19FN2O4S/c1-12-4-3-5-17(19-12)24-14-8-9-20(11-14)25(21,22)16-10-13(18)6-7-15(16)23-2/h3-7,10,14H,8-9,11H2,1-2H3. The number of aromatic nitrogens is 1. The van der Waals surface area contributed by atoms with E-state index in [1.807, 2.05) is 19.1 Å². The number of halogens is 1. The molecule has 1 unspecified atom stereocenters. The molecular formula is C17H19FN2O4S. The molecule has 1 aromatic heterocycles. The summed E-state index contributed by atoms with van der Waals surface area (Å²) in [6.07, 6.45) is 0.232. The first-order valence-electron chi connectivity index (χ1n) is 7.84. The van der Waals surface area contributed by atoms with Gasteiger partial charge in [0, 0.05) is 18.3 Å². The topological polar surface area (TPSA) is 68.7 Å². The van der Waals surface area contributed by atoms with Gasteiger partial charge in [0.2, 0.25) is 15.9 Å². The lowest BCUT2D eigenvalue weighted by Gasteiger charge is -2.18. The molecule has 25 heavy (non-hydrogen) atoms. The van der Waals surface area contributed by atoms with Crippen molar-refractivity contribution >= 4 is 10.0 Å². The van der Waals surface area contributed by atoms with Gasteiger partial charge in [0.05, 0.1) is 13.7 Å². The largest absolute Gasteiger partial charge is 0.495 e. The highest BCUT2D eigenvalue weighted by Crippen LogP contribution is 2.30. The summed E-state index contributed by atoms with van der Waals surface area (Å²) in [5.74, 6) is -0.0472. The molecule has 0 N–H and O–H groups in total. The van der Waals surface area contributed by atoms with Gasteiger partial charge in [0.25, 0.3) is 0 Å². The zero-order chi connectivity index (χ0) is 18.0. The van der Waals surface area contributed by atoms with Crippen LogP contribution in [0.3, 0.4) is 0 Å². The highest BCUT2D eigenvalue weighted by Gasteiger charge is 2.35. The average molecular weight is 366 g/mol. The fourth-order valence-electron chi connectivity index (χ4n) is 2.76. The van der Waals surface area contributed by atoms with Crippen molar-refractivity contribution in [2.45, 2.75) is 24.3 Å². The van der Waals surface area contributed by atoms with E-state index in [9.17, 15) is 12.8 Å². The second-order valence-electron chi connectivity index (χ2n) is 5.80. The number of hydrogen-bond donors (Lipinski definition) is 0. The fraction of sp³-hybridized carbons (Fsp3) is 0.353. The van der Waals surface area contributed by atoms with Crippen molar-refractivity contribution in [3.63, 3.8) is 0 Å². The summed E-state index contributed by atoms with van der Waals surface area (Å²) in [6, 6.07) is 8.87. The van der Waals surface area contributed by atoms with Crippen molar-refractivity contribution in [1.82, 2.24) is 9.29 Å². The number of rotatable bonds is 5. The minimum Gasteiger partial charge on any atom is -0.495 e. The number of sulfonamides is 1. The Morgan fingerprint density at radius 2 is 2.08 bits per heavy atom. The second-order valence-corrected chi connectivity index (χ2v) is 7.71. The molecule has 0 saturated carbocycles. The molecule has 8 heteroatoms. The van der Waals surface area contributed by atoms with E-state index in [-0.39, 0.29) is 23.3 Å². The lowest BCUT2D eigenvalue weighted by atomic mass is 10.3. The molecular weight excluding hydrogens is 347 g/mol. The number of hydrogen-bond acceptors (Lipinski definition) is 5. The van der Waals surface area contributed by atoms with E-state index < -0.39 is 15.8 Å². The van der Waals surface area contributed by atoms with Crippen molar-refractivity contribution < 1.29 is 22.3 Å². The Labute approximate surface area is 146 Å². The predicted molar refractivity (Wildman–Crippen MR) is 89.7 cm³/mol. The summed E-state index contributed by atoms with van der Waals surface area (Å²) in [7, 11) is -2.52. The van der Waals surface area contributed by atoms with Gasteiger partial charge < -0.3 is 9.47 Å². The van der Waals surface area contributed by atoms with E-state index in [1.165, 1.54) is 17.5 Å². The van der Waals surface area contributed by atoms with E-state index in [4.69, 9.17) is 9.47 Å². The van der Waals surface area contributed by atoms with E-state index in [2.05, 4.69) is 4.98 Å². The van der Waals surface area contributed by atoms with Crippen LogP contribution in [0.1, 0.15) is 12.1 Å². The summed E-state index contributed by atoms with van der Waals surface area (Å²) < 4.78 is 51.3. The third kappa shape index (κ3) is 3.74. The van der Waals surface area contributed by atoms with Gasteiger partial charge in [-0.3, -0.25) is 0 Å². The molecule has 1 aliphatic rings. The van der Waals surface area contributed by atoms with Gasteiger partial charge in [-0.1, -0.05) is 6.07 Å². The molecule has 0 spiro atoms. The van der Waals surface area contributed by atoms with Gasteiger partial charge in [-0.2, -0.15) is 4.31 Å². The van der Waals surface area contributed by atoms with Crippen molar-refractivity contribution in [2.24, 2.45) is 0 Å². The third-order valence-corrected chi connectivity index (χ3v) is 5.89. The van der Waals surface area contributed by atoms with Crippen molar-refractivity contribution in [3.8, 4) is 11.6 Å². The van der Waals surface area contributed by atoms with E-state index in [1.54, 1.807) is 6.07 Å². The molecule has 0 bridgehead atoms. The quantitative estimate of drug-likeness (QED) is 0.813. The first-order valence-corrected chi connectivity index (χ1v) is 9.28. The van der Waals surface area contributed by atoms with Gasteiger partial charge >= 0.3 is 0 Å². The van der Waals surface area contributed by atoms with Crippen molar-refractivity contribution in [2.75, 3.05) is 20.2 Å². The second kappa shape index (κ2) is 6.97. The van der Waals surface area contributed by atoms with Crippen LogP contribution in [0.4, 0.5) is 4.39 Å². The summed E-state index contributed by atoms with van der Waals surface area (Å²) >= 11 is 0.